The molecule has 0 bridgehead atoms. The number of nitrogens with zero attached hydrogens (tertiary/aromatic N) is 2. The van der Waals surface area contributed by atoms with E-state index in [4.69, 9.17) is 5.11 Å². The predicted molar refractivity (Wildman–Crippen MR) is 62.2 cm³/mol. The van der Waals surface area contributed by atoms with Crippen molar-refractivity contribution in [1.82, 2.24) is 4.98 Å². The molecule has 2 N–H and O–H groups in total. The summed E-state index contributed by atoms with van der Waals surface area (Å²) < 4.78 is 0. The van der Waals surface area contributed by atoms with E-state index in [-0.39, 0.29) is 19.3 Å². The lowest BCUT2D eigenvalue weighted by Gasteiger charge is -2.35. The average Bonchev–Trinajstić information content (AvgIpc) is 2.39. The zero-order chi connectivity index (χ0) is 11.4. The third kappa shape index (κ3) is 2.33. The standard InChI is InChI=1S/C12H18N2O2/c15-8-10-4-5-12(13-7-10)14-6-2-1-3-11(14)9-16/h4-5,7,11,15-16H,1-3,6,8-9H2. The first kappa shape index (κ1) is 11.4. The zero-order valence-corrected chi connectivity index (χ0v) is 9.34. The van der Waals surface area contributed by atoms with E-state index in [1.807, 2.05) is 12.1 Å². The smallest absolute Gasteiger partial charge is 0.128 e. The van der Waals surface area contributed by atoms with Gasteiger partial charge in [0.15, 0.2) is 0 Å². The molecule has 0 amide bonds. The van der Waals surface area contributed by atoms with Crippen LogP contribution < -0.4 is 4.90 Å². The molecule has 0 aromatic carbocycles. The van der Waals surface area contributed by atoms with Gasteiger partial charge in [0.05, 0.1) is 19.3 Å². The van der Waals surface area contributed by atoms with Crippen LogP contribution in [0.25, 0.3) is 0 Å². The van der Waals surface area contributed by atoms with Crippen molar-refractivity contribution in [2.75, 3.05) is 18.1 Å². The Kier molecular flexibility index (Phi) is 3.74. The van der Waals surface area contributed by atoms with E-state index in [0.29, 0.717) is 0 Å². The summed E-state index contributed by atoms with van der Waals surface area (Å²) in [5, 5.41) is 18.3. The van der Waals surface area contributed by atoms with Gasteiger partial charge in [-0.3, -0.25) is 0 Å². The molecule has 1 saturated heterocycles. The van der Waals surface area contributed by atoms with Crippen LogP contribution in [0, 0.1) is 0 Å². The minimum Gasteiger partial charge on any atom is -0.394 e. The molecule has 0 radical (unpaired) electrons. The number of pyridine rings is 1. The van der Waals surface area contributed by atoms with E-state index in [2.05, 4.69) is 9.88 Å². The fourth-order valence-corrected chi connectivity index (χ4v) is 2.17. The molecule has 1 aliphatic heterocycles. The SMILES string of the molecule is OCc1ccc(N2CCCCC2CO)nc1. The van der Waals surface area contributed by atoms with Gasteiger partial charge in [0.1, 0.15) is 5.82 Å². The predicted octanol–water partition coefficient (Wildman–Crippen LogP) is 0.925. The number of piperidine rings is 1. The Hall–Kier alpha value is -1.13. The van der Waals surface area contributed by atoms with Crippen molar-refractivity contribution in [3.8, 4) is 0 Å². The lowest BCUT2D eigenvalue weighted by atomic mass is 10.0. The van der Waals surface area contributed by atoms with Crippen LogP contribution in [-0.2, 0) is 6.61 Å². The van der Waals surface area contributed by atoms with Gasteiger partial charge in [0.2, 0.25) is 0 Å². The molecule has 1 aromatic rings. The maximum Gasteiger partial charge on any atom is 0.128 e. The molecule has 1 atom stereocenters. The first-order valence-corrected chi connectivity index (χ1v) is 5.78. The minimum absolute atomic E-state index is 0.0245. The largest absolute Gasteiger partial charge is 0.394 e. The fraction of sp³-hybridized carbons (Fsp3) is 0.583. The van der Waals surface area contributed by atoms with Crippen LogP contribution in [0.1, 0.15) is 24.8 Å². The summed E-state index contributed by atoms with van der Waals surface area (Å²) in [6.45, 7) is 1.16. The summed E-state index contributed by atoms with van der Waals surface area (Å²) in [5.41, 5.74) is 0.821. The van der Waals surface area contributed by atoms with Crippen LogP contribution in [0.5, 0.6) is 0 Å². The van der Waals surface area contributed by atoms with E-state index in [9.17, 15) is 5.11 Å². The van der Waals surface area contributed by atoms with Crippen molar-refractivity contribution in [2.24, 2.45) is 0 Å². The summed E-state index contributed by atoms with van der Waals surface area (Å²) in [7, 11) is 0. The Labute approximate surface area is 95.5 Å². The molecule has 0 saturated carbocycles. The van der Waals surface area contributed by atoms with Crippen molar-refractivity contribution in [3.05, 3.63) is 23.9 Å². The highest BCUT2D eigenvalue weighted by molar-refractivity contribution is 5.41. The lowest BCUT2D eigenvalue weighted by Crippen LogP contribution is -2.42. The van der Waals surface area contributed by atoms with Crippen LogP contribution in [0.2, 0.25) is 0 Å². The van der Waals surface area contributed by atoms with Crippen LogP contribution >= 0.6 is 0 Å². The van der Waals surface area contributed by atoms with E-state index in [1.54, 1.807) is 6.20 Å². The molecule has 2 rings (SSSR count). The van der Waals surface area contributed by atoms with Crippen LogP contribution in [-0.4, -0.2) is 34.4 Å². The topological polar surface area (TPSA) is 56.6 Å². The molecule has 1 unspecified atom stereocenters. The molecule has 1 fully saturated rings. The summed E-state index contributed by atoms with van der Waals surface area (Å²) in [5.74, 6) is 0.899. The summed E-state index contributed by atoms with van der Waals surface area (Å²) in [6, 6.07) is 3.99. The summed E-state index contributed by atoms with van der Waals surface area (Å²) in [4.78, 5) is 6.48. The van der Waals surface area contributed by atoms with Gasteiger partial charge in [0, 0.05) is 12.7 Å². The Morgan fingerprint density at radius 3 is 2.81 bits per heavy atom. The average molecular weight is 222 g/mol. The van der Waals surface area contributed by atoms with E-state index in [0.717, 1.165) is 30.8 Å². The maximum atomic E-state index is 9.31. The summed E-state index contributed by atoms with van der Waals surface area (Å²) >= 11 is 0. The third-order valence-corrected chi connectivity index (χ3v) is 3.12. The zero-order valence-electron chi connectivity index (χ0n) is 9.34. The molecule has 88 valence electrons. The first-order chi connectivity index (χ1) is 7.85. The van der Waals surface area contributed by atoms with Gasteiger partial charge in [0.25, 0.3) is 0 Å². The Balaban J connectivity index is 2.14. The number of hydrogen-bond acceptors (Lipinski definition) is 4. The van der Waals surface area contributed by atoms with Gasteiger partial charge in [-0.2, -0.15) is 0 Å². The quantitative estimate of drug-likeness (QED) is 0.798. The van der Waals surface area contributed by atoms with Crippen molar-refractivity contribution in [3.63, 3.8) is 0 Å². The molecular formula is C12H18N2O2. The number of rotatable bonds is 3. The van der Waals surface area contributed by atoms with Crippen molar-refractivity contribution < 1.29 is 10.2 Å². The lowest BCUT2D eigenvalue weighted by molar-refractivity contribution is 0.239. The van der Waals surface area contributed by atoms with Gasteiger partial charge in [-0.05, 0) is 30.9 Å². The number of anilines is 1. The van der Waals surface area contributed by atoms with E-state index < -0.39 is 0 Å². The number of hydrogen-bond donors (Lipinski definition) is 2. The number of aliphatic hydroxyl groups excluding tert-OH is 2. The van der Waals surface area contributed by atoms with E-state index >= 15 is 0 Å². The monoisotopic (exact) mass is 222 g/mol. The van der Waals surface area contributed by atoms with Gasteiger partial charge in [-0.15, -0.1) is 0 Å². The van der Waals surface area contributed by atoms with E-state index in [1.165, 1.54) is 6.42 Å². The van der Waals surface area contributed by atoms with Crippen LogP contribution in [0.4, 0.5) is 5.82 Å². The van der Waals surface area contributed by atoms with Crippen molar-refractivity contribution in [2.45, 2.75) is 31.9 Å². The first-order valence-electron chi connectivity index (χ1n) is 5.78. The molecule has 4 nitrogen and oxygen atoms in total. The second-order valence-corrected chi connectivity index (χ2v) is 4.21. The molecule has 0 spiro atoms. The van der Waals surface area contributed by atoms with Gasteiger partial charge < -0.3 is 15.1 Å². The molecule has 4 heteroatoms. The van der Waals surface area contributed by atoms with Gasteiger partial charge in [-0.25, -0.2) is 4.98 Å². The third-order valence-electron chi connectivity index (χ3n) is 3.12. The summed E-state index contributed by atoms with van der Waals surface area (Å²) in [6.07, 6.45) is 5.05. The highest BCUT2D eigenvalue weighted by Gasteiger charge is 2.22. The maximum absolute atomic E-state index is 9.31. The van der Waals surface area contributed by atoms with Gasteiger partial charge >= 0.3 is 0 Å². The molecule has 1 aliphatic rings. The fourth-order valence-electron chi connectivity index (χ4n) is 2.17. The second-order valence-electron chi connectivity index (χ2n) is 4.21. The molecule has 1 aromatic heterocycles. The van der Waals surface area contributed by atoms with Gasteiger partial charge in [-0.1, -0.05) is 6.07 Å². The number of aliphatic hydroxyl groups is 2. The highest BCUT2D eigenvalue weighted by Crippen LogP contribution is 2.22. The Bertz CT molecular complexity index is 326. The minimum atomic E-state index is 0.0245. The normalized spacial score (nSPS) is 21.1. The molecule has 16 heavy (non-hydrogen) atoms. The Morgan fingerprint density at radius 1 is 1.31 bits per heavy atom. The highest BCUT2D eigenvalue weighted by atomic mass is 16.3. The Morgan fingerprint density at radius 2 is 2.19 bits per heavy atom. The van der Waals surface area contributed by atoms with Crippen LogP contribution in [0.3, 0.4) is 0 Å². The second kappa shape index (κ2) is 5.27. The van der Waals surface area contributed by atoms with Crippen LogP contribution in [0.15, 0.2) is 18.3 Å². The van der Waals surface area contributed by atoms with Crippen molar-refractivity contribution in [1.29, 1.82) is 0 Å². The molecule has 0 aliphatic carbocycles. The number of aromatic nitrogens is 1. The molecule has 2 heterocycles. The molecular weight excluding hydrogens is 204 g/mol. The van der Waals surface area contributed by atoms with Crippen molar-refractivity contribution >= 4 is 5.82 Å².